The predicted octanol–water partition coefficient (Wildman–Crippen LogP) is 5.06. The third-order valence-electron chi connectivity index (χ3n) is 3.47. The molecular weight excluding hydrogens is 218 g/mol. The van der Waals surface area contributed by atoms with Crippen LogP contribution in [0.4, 0.5) is 0 Å². The van der Waals surface area contributed by atoms with Crippen LogP contribution in [0.2, 0.25) is 0 Å². The average molecular weight is 236 g/mol. The molecule has 0 bridgehead atoms. The van der Waals surface area contributed by atoms with Gasteiger partial charge in [-0.1, -0.05) is 44.0 Å². The van der Waals surface area contributed by atoms with Crippen LogP contribution >= 0.6 is 0 Å². The molecule has 0 saturated heterocycles. The lowest BCUT2D eigenvalue weighted by Gasteiger charge is -2.00. The van der Waals surface area contributed by atoms with Crippen molar-refractivity contribution in [2.75, 3.05) is 0 Å². The molecular formula is C17H18N. The summed E-state index contributed by atoms with van der Waals surface area (Å²) in [6, 6.07) is 15.2. The van der Waals surface area contributed by atoms with Crippen molar-refractivity contribution in [1.29, 1.82) is 0 Å². The first-order valence-electron chi connectivity index (χ1n) is 6.72. The van der Waals surface area contributed by atoms with Crippen molar-refractivity contribution < 1.29 is 0 Å². The van der Waals surface area contributed by atoms with Crippen LogP contribution < -0.4 is 0 Å². The highest BCUT2D eigenvalue weighted by Crippen LogP contribution is 2.26. The molecule has 0 saturated carbocycles. The maximum atomic E-state index is 3.46. The summed E-state index contributed by atoms with van der Waals surface area (Å²) in [4.78, 5) is 3.46. The van der Waals surface area contributed by atoms with Gasteiger partial charge in [0.15, 0.2) is 0 Å². The highest BCUT2D eigenvalue weighted by Gasteiger charge is 2.04. The lowest BCUT2D eigenvalue weighted by molar-refractivity contribution is 0.791. The van der Waals surface area contributed by atoms with Crippen molar-refractivity contribution in [2.45, 2.75) is 26.2 Å². The van der Waals surface area contributed by atoms with E-state index in [0.29, 0.717) is 0 Å². The monoisotopic (exact) mass is 236 g/mol. The van der Waals surface area contributed by atoms with Crippen LogP contribution in [-0.2, 0) is 0 Å². The second-order valence-electron chi connectivity index (χ2n) is 4.82. The first kappa shape index (κ1) is 11.3. The van der Waals surface area contributed by atoms with E-state index in [0.717, 1.165) is 0 Å². The highest BCUT2D eigenvalue weighted by molar-refractivity contribution is 6.07. The normalized spacial score (nSPS) is 11.4. The van der Waals surface area contributed by atoms with Gasteiger partial charge >= 0.3 is 0 Å². The molecule has 0 atom stereocenters. The molecule has 0 amide bonds. The van der Waals surface area contributed by atoms with E-state index in [2.05, 4.69) is 60.8 Å². The van der Waals surface area contributed by atoms with E-state index in [1.165, 1.54) is 46.6 Å². The van der Waals surface area contributed by atoms with Crippen molar-refractivity contribution in [3.63, 3.8) is 0 Å². The second kappa shape index (κ2) is 4.85. The van der Waals surface area contributed by atoms with Gasteiger partial charge in [0.2, 0.25) is 0 Å². The fourth-order valence-electron chi connectivity index (χ4n) is 2.47. The van der Waals surface area contributed by atoms with Gasteiger partial charge in [-0.3, -0.25) is 0 Å². The van der Waals surface area contributed by atoms with Crippen LogP contribution in [0.1, 0.15) is 31.7 Å². The highest BCUT2D eigenvalue weighted by atomic mass is 14.7. The summed E-state index contributed by atoms with van der Waals surface area (Å²) in [6.07, 6.45) is 6.03. The van der Waals surface area contributed by atoms with Crippen molar-refractivity contribution in [1.82, 2.24) is 4.98 Å². The summed E-state index contributed by atoms with van der Waals surface area (Å²) in [5.41, 5.74) is 3.78. The standard InChI is InChI=1S/C17H18N/c1-2-3-4-7-13-10-11-17-15(12-13)14-8-5-6-9-16(14)18-17/h5-12,18H,2-4H2,1H3. The van der Waals surface area contributed by atoms with Gasteiger partial charge < -0.3 is 4.98 Å². The van der Waals surface area contributed by atoms with Crippen LogP contribution in [0.5, 0.6) is 0 Å². The van der Waals surface area contributed by atoms with E-state index in [9.17, 15) is 0 Å². The van der Waals surface area contributed by atoms with Crippen molar-refractivity contribution in [3.8, 4) is 0 Å². The maximum absolute atomic E-state index is 3.46. The van der Waals surface area contributed by atoms with E-state index in [-0.39, 0.29) is 0 Å². The van der Waals surface area contributed by atoms with Gasteiger partial charge in [0, 0.05) is 21.8 Å². The molecule has 0 aliphatic heterocycles. The molecule has 18 heavy (non-hydrogen) atoms. The van der Waals surface area contributed by atoms with Gasteiger partial charge in [0.1, 0.15) is 0 Å². The van der Waals surface area contributed by atoms with Crippen LogP contribution in [0.15, 0.2) is 42.5 Å². The van der Waals surface area contributed by atoms with Gasteiger partial charge in [-0.05, 0) is 36.6 Å². The summed E-state index contributed by atoms with van der Waals surface area (Å²) >= 11 is 0. The zero-order valence-corrected chi connectivity index (χ0v) is 10.7. The summed E-state index contributed by atoms with van der Waals surface area (Å²) in [6.45, 7) is 2.23. The molecule has 1 N–H and O–H groups in total. The Morgan fingerprint density at radius 2 is 1.83 bits per heavy atom. The molecule has 1 aromatic heterocycles. The molecule has 1 nitrogen and oxygen atoms in total. The number of unbranched alkanes of at least 4 members (excludes halogenated alkanes) is 2. The number of aromatic amines is 1. The van der Waals surface area contributed by atoms with Gasteiger partial charge in [0.05, 0.1) is 0 Å². The van der Waals surface area contributed by atoms with Crippen molar-refractivity contribution in [3.05, 3.63) is 54.4 Å². The molecule has 1 heteroatoms. The molecule has 3 rings (SSSR count). The minimum atomic E-state index is 1.17. The SMILES string of the molecule is CCCC[CH]c1ccc2[nH]c3ccccc3c2c1. The Kier molecular flexibility index (Phi) is 3.06. The lowest BCUT2D eigenvalue weighted by Crippen LogP contribution is -1.82. The smallest absolute Gasteiger partial charge is 0.0465 e. The Balaban J connectivity index is 2.02. The molecule has 1 radical (unpaired) electrons. The van der Waals surface area contributed by atoms with Crippen molar-refractivity contribution >= 4 is 21.8 Å². The number of aromatic nitrogens is 1. The molecule has 0 spiro atoms. The second-order valence-corrected chi connectivity index (χ2v) is 4.82. The molecule has 0 aliphatic carbocycles. The Hall–Kier alpha value is -1.76. The number of rotatable bonds is 4. The maximum Gasteiger partial charge on any atom is 0.0465 e. The minimum absolute atomic E-state index is 1.17. The Morgan fingerprint density at radius 3 is 2.72 bits per heavy atom. The third kappa shape index (κ3) is 2.01. The van der Waals surface area contributed by atoms with Gasteiger partial charge in [-0.2, -0.15) is 0 Å². The topological polar surface area (TPSA) is 15.8 Å². The fourth-order valence-corrected chi connectivity index (χ4v) is 2.47. The van der Waals surface area contributed by atoms with Gasteiger partial charge in [-0.15, -0.1) is 0 Å². The molecule has 1 heterocycles. The van der Waals surface area contributed by atoms with Crippen LogP contribution in [-0.4, -0.2) is 4.98 Å². The summed E-state index contributed by atoms with van der Waals surface area (Å²) in [7, 11) is 0. The third-order valence-corrected chi connectivity index (χ3v) is 3.47. The van der Waals surface area contributed by atoms with E-state index in [1.54, 1.807) is 0 Å². The number of hydrogen-bond donors (Lipinski definition) is 1. The van der Waals surface area contributed by atoms with Crippen LogP contribution in [0.3, 0.4) is 0 Å². The predicted molar refractivity (Wildman–Crippen MR) is 78.7 cm³/mol. The number of benzene rings is 2. The number of hydrogen-bond acceptors (Lipinski definition) is 0. The van der Waals surface area contributed by atoms with Gasteiger partial charge in [-0.25, -0.2) is 0 Å². The first-order chi connectivity index (χ1) is 8.88. The number of H-pyrrole nitrogens is 1. The Morgan fingerprint density at radius 1 is 1.00 bits per heavy atom. The molecule has 0 fully saturated rings. The number of para-hydroxylation sites is 1. The Labute approximate surface area is 108 Å². The van der Waals surface area contributed by atoms with E-state index in [4.69, 9.17) is 0 Å². The number of nitrogens with one attached hydrogen (secondary N) is 1. The summed E-state index contributed by atoms with van der Waals surface area (Å²) in [5.74, 6) is 0. The van der Waals surface area contributed by atoms with E-state index >= 15 is 0 Å². The molecule has 91 valence electrons. The van der Waals surface area contributed by atoms with E-state index in [1.807, 2.05) is 0 Å². The molecule has 0 aliphatic rings. The average Bonchev–Trinajstić information content (AvgIpc) is 2.77. The van der Waals surface area contributed by atoms with Crippen LogP contribution in [0, 0.1) is 6.42 Å². The van der Waals surface area contributed by atoms with E-state index < -0.39 is 0 Å². The zero-order chi connectivity index (χ0) is 12.4. The summed E-state index contributed by atoms with van der Waals surface area (Å²) in [5, 5.41) is 2.65. The lowest BCUT2D eigenvalue weighted by atomic mass is 10.0. The molecule has 2 aromatic carbocycles. The number of fused-ring (bicyclic) bond motifs is 3. The first-order valence-corrected chi connectivity index (χ1v) is 6.72. The van der Waals surface area contributed by atoms with Crippen LogP contribution in [0.25, 0.3) is 21.8 Å². The van der Waals surface area contributed by atoms with Gasteiger partial charge in [0.25, 0.3) is 0 Å². The zero-order valence-electron chi connectivity index (χ0n) is 10.7. The largest absolute Gasteiger partial charge is 0.355 e. The Bertz CT molecular complexity index is 663. The van der Waals surface area contributed by atoms with Crippen molar-refractivity contribution in [2.24, 2.45) is 0 Å². The summed E-state index contributed by atoms with van der Waals surface area (Å²) < 4.78 is 0. The fraction of sp³-hybridized carbons (Fsp3) is 0.235. The minimum Gasteiger partial charge on any atom is -0.355 e. The quantitative estimate of drug-likeness (QED) is 0.609. The molecule has 0 unspecified atom stereocenters. The molecule has 3 aromatic rings.